The van der Waals surface area contributed by atoms with Crippen LogP contribution in [0.5, 0.6) is 28.7 Å². The average molecular weight is 713 g/mol. The fourth-order valence-electron chi connectivity index (χ4n) is 6.16. The maximum Gasteiger partial charge on any atom is 0.229 e. The van der Waals surface area contributed by atoms with Gasteiger partial charge in [0.15, 0.2) is 29.3 Å². The van der Waals surface area contributed by atoms with Gasteiger partial charge in [-0.1, -0.05) is 12.2 Å². The number of benzene rings is 2. The Labute approximate surface area is 287 Å². The van der Waals surface area contributed by atoms with E-state index >= 15 is 0 Å². The summed E-state index contributed by atoms with van der Waals surface area (Å²) in [5.41, 5.74) is 1.80. The Morgan fingerprint density at radius 1 is 0.660 bits per heavy atom. The highest BCUT2D eigenvalue weighted by Crippen LogP contribution is 2.53. The number of aliphatic hydroxyl groups is 9. The summed E-state index contributed by atoms with van der Waals surface area (Å²) in [4.78, 5) is 0. The molecule has 0 aliphatic carbocycles. The second-order valence-corrected chi connectivity index (χ2v) is 12.0. The minimum Gasteiger partial charge on any atom is -0.493 e. The van der Waals surface area contributed by atoms with Gasteiger partial charge in [0.25, 0.3) is 0 Å². The molecule has 3 aliphatic rings. The van der Waals surface area contributed by atoms with Crippen LogP contribution in [-0.4, -0.2) is 155 Å². The lowest BCUT2D eigenvalue weighted by Crippen LogP contribution is -2.60. The Balaban J connectivity index is 1.36. The lowest BCUT2D eigenvalue weighted by atomic mass is 9.90. The standard InChI is InChI=1S/C33H44O17/c1-43-18-8-14(5-4-6-46-32-27(41)25(39)23(37)21(12-35)47-32)7-16-17(11-34)29(49-30(16)18)15-9-19(44-2)31(20(10-15)45-3)50-33-28(42)26(40)24(38)22(13-36)48-33/h4-5,7-10,17,21-29,32-42H,6,11-13H2,1-3H3/b5-4+/t17-,21+,22+,23+,24+,25-,26-,27+,28+,29+,32+,33-/m0/s1. The van der Waals surface area contributed by atoms with Crippen LogP contribution in [0, 0.1) is 0 Å². The van der Waals surface area contributed by atoms with Crippen molar-refractivity contribution in [2.24, 2.45) is 0 Å². The summed E-state index contributed by atoms with van der Waals surface area (Å²) in [6, 6.07) is 6.68. The van der Waals surface area contributed by atoms with Gasteiger partial charge in [0.1, 0.15) is 54.9 Å². The molecule has 17 nitrogen and oxygen atoms in total. The zero-order valence-electron chi connectivity index (χ0n) is 27.5. The lowest BCUT2D eigenvalue weighted by molar-refractivity contribution is -0.298. The molecule has 0 aromatic heterocycles. The summed E-state index contributed by atoms with van der Waals surface area (Å²) >= 11 is 0. The van der Waals surface area contributed by atoms with Gasteiger partial charge in [0.2, 0.25) is 12.0 Å². The van der Waals surface area contributed by atoms with E-state index in [1.165, 1.54) is 21.3 Å². The third kappa shape index (κ3) is 7.36. The van der Waals surface area contributed by atoms with Crippen LogP contribution in [0.2, 0.25) is 0 Å². The topological polar surface area (TPSA) is 256 Å². The second-order valence-electron chi connectivity index (χ2n) is 12.0. The van der Waals surface area contributed by atoms with E-state index in [1.807, 2.05) is 0 Å². The summed E-state index contributed by atoms with van der Waals surface area (Å²) in [5.74, 6) is 0.426. The van der Waals surface area contributed by atoms with Gasteiger partial charge in [-0.25, -0.2) is 0 Å². The van der Waals surface area contributed by atoms with Crippen LogP contribution < -0.4 is 23.7 Å². The van der Waals surface area contributed by atoms with E-state index < -0.39 is 86.6 Å². The van der Waals surface area contributed by atoms with Crippen molar-refractivity contribution in [2.75, 3.05) is 47.8 Å². The van der Waals surface area contributed by atoms with Crippen molar-refractivity contribution in [1.29, 1.82) is 0 Å². The van der Waals surface area contributed by atoms with E-state index in [1.54, 1.807) is 36.4 Å². The number of ether oxygens (including phenoxy) is 8. The molecule has 17 heteroatoms. The van der Waals surface area contributed by atoms with E-state index in [0.717, 1.165) is 0 Å². The van der Waals surface area contributed by atoms with E-state index in [2.05, 4.69) is 0 Å². The van der Waals surface area contributed by atoms with Crippen LogP contribution >= 0.6 is 0 Å². The lowest BCUT2D eigenvalue weighted by Gasteiger charge is -2.39. The van der Waals surface area contributed by atoms with Gasteiger partial charge in [-0.05, 0) is 29.8 Å². The Hall–Kier alpha value is -3.30. The Kier molecular flexibility index (Phi) is 12.4. The van der Waals surface area contributed by atoms with Crippen LogP contribution in [0.1, 0.15) is 28.7 Å². The van der Waals surface area contributed by atoms with Crippen LogP contribution in [0.4, 0.5) is 0 Å². The maximum atomic E-state index is 10.6. The van der Waals surface area contributed by atoms with Crippen molar-refractivity contribution >= 4 is 6.08 Å². The predicted octanol–water partition coefficient (Wildman–Crippen LogP) is -2.07. The molecule has 9 N–H and O–H groups in total. The molecule has 0 bridgehead atoms. The van der Waals surface area contributed by atoms with Crippen LogP contribution in [0.15, 0.2) is 30.3 Å². The monoisotopic (exact) mass is 712 g/mol. The molecule has 2 aromatic rings. The van der Waals surface area contributed by atoms with Gasteiger partial charge in [-0.15, -0.1) is 0 Å². The van der Waals surface area contributed by atoms with E-state index in [-0.39, 0.29) is 30.5 Å². The van der Waals surface area contributed by atoms with E-state index in [9.17, 15) is 46.0 Å². The molecule has 2 saturated heterocycles. The summed E-state index contributed by atoms with van der Waals surface area (Å²) in [5, 5.41) is 90.5. The summed E-state index contributed by atoms with van der Waals surface area (Å²) in [6.45, 7) is -1.62. The van der Waals surface area contributed by atoms with Crippen molar-refractivity contribution < 1.29 is 83.9 Å². The zero-order chi connectivity index (χ0) is 36.3. The first kappa shape index (κ1) is 37.9. The minimum atomic E-state index is -1.68. The molecule has 2 fully saturated rings. The van der Waals surface area contributed by atoms with Gasteiger partial charge in [-0.3, -0.25) is 0 Å². The van der Waals surface area contributed by atoms with Gasteiger partial charge in [-0.2, -0.15) is 0 Å². The normalized spacial score (nSPS) is 33.9. The molecular formula is C33H44O17. The Morgan fingerprint density at radius 3 is 1.76 bits per heavy atom. The number of rotatable bonds is 13. The van der Waals surface area contributed by atoms with Crippen LogP contribution in [-0.2, 0) is 14.2 Å². The quantitative estimate of drug-likeness (QED) is 0.108. The SMILES string of the molecule is COc1cc([C@H]2Oc3c(OC)cc(/C=C/CO[C@@H]4O[C@H](CO)[C@@H](O)[C@H](O)[C@H]4O)cc3[C@@H]2CO)cc(OC)c1O[C@@H]1O[C@H](CO)[C@@H](O)[C@H](O)[C@H]1O. The highest BCUT2D eigenvalue weighted by atomic mass is 16.7. The van der Waals surface area contributed by atoms with Crippen LogP contribution in [0.3, 0.4) is 0 Å². The highest BCUT2D eigenvalue weighted by molar-refractivity contribution is 5.63. The van der Waals surface area contributed by atoms with E-state index in [0.29, 0.717) is 28.2 Å². The molecule has 3 aliphatic heterocycles. The molecule has 278 valence electrons. The van der Waals surface area contributed by atoms with Crippen LogP contribution in [0.25, 0.3) is 6.08 Å². The molecule has 0 saturated carbocycles. The number of methoxy groups -OCH3 is 3. The summed E-state index contributed by atoms with van der Waals surface area (Å²) in [7, 11) is 4.21. The zero-order valence-corrected chi connectivity index (χ0v) is 27.5. The fraction of sp³-hybridized carbons (Fsp3) is 0.576. The number of hydrogen-bond donors (Lipinski definition) is 9. The molecule has 0 spiro atoms. The molecule has 0 amide bonds. The second kappa shape index (κ2) is 16.4. The largest absolute Gasteiger partial charge is 0.493 e. The first-order chi connectivity index (χ1) is 24.0. The molecule has 5 rings (SSSR count). The van der Waals surface area contributed by atoms with Gasteiger partial charge in [0.05, 0.1) is 53.7 Å². The molecule has 50 heavy (non-hydrogen) atoms. The van der Waals surface area contributed by atoms with Gasteiger partial charge < -0.3 is 83.9 Å². The van der Waals surface area contributed by atoms with Crippen molar-refractivity contribution in [3.8, 4) is 28.7 Å². The smallest absolute Gasteiger partial charge is 0.229 e. The van der Waals surface area contributed by atoms with Crippen molar-refractivity contribution in [1.82, 2.24) is 0 Å². The number of aliphatic hydroxyl groups excluding tert-OH is 9. The van der Waals surface area contributed by atoms with Gasteiger partial charge >= 0.3 is 0 Å². The summed E-state index contributed by atoms with van der Waals surface area (Å²) in [6.07, 6.45) is -12.1. The number of hydrogen-bond acceptors (Lipinski definition) is 17. The molecular weight excluding hydrogens is 668 g/mol. The first-order valence-corrected chi connectivity index (χ1v) is 15.8. The Morgan fingerprint density at radius 2 is 1.22 bits per heavy atom. The molecule has 0 radical (unpaired) electrons. The van der Waals surface area contributed by atoms with Crippen molar-refractivity contribution in [2.45, 2.75) is 73.4 Å². The highest BCUT2D eigenvalue weighted by Gasteiger charge is 2.46. The average Bonchev–Trinajstić information content (AvgIpc) is 3.51. The molecule has 3 heterocycles. The van der Waals surface area contributed by atoms with Crippen molar-refractivity contribution in [3.63, 3.8) is 0 Å². The molecule has 0 unspecified atom stereocenters. The third-order valence-electron chi connectivity index (χ3n) is 8.94. The Bertz CT molecular complexity index is 1440. The van der Waals surface area contributed by atoms with Gasteiger partial charge in [0, 0.05) is 11.1 Å². The first-order valence-electron chi connectivity index (χ1n) is 15.8. The molecule has 12 atom stereocenters. The third-order valence-corrected chi connectivity index (χ3v) is 8.94. The maximum absolute atomic E-state index is 10.6. The summed E-state index contributed by atoms with van der Waals surface area (Å²) < 4.78 is 45.4. The fourth-order valence-corrected chi connectivity index (χ4v) is 6.16. The number of fused-ring (bicyclic) bond motifs is 1. The molecule has 2 aromatic carbocycles. The van der Waals surface area contributed by atoms with Crippen molar-refractivity contribution in [3.05, 3.63) is 47.0 Å². The van der Waals surface area contributed by atoms with E-state index in [4.69, 9.17) is 37.9 Å². The predicted molar refractivity (Wildman–Crippen MR) is 169 cm³/mol. The minimum absolute atomic E-state index is 0.00456.